The predicted octanol–water partition coefficient (Wildman–Crippen LogP) is -0.997. The van der Waals surface area contributed by atoms with Crippen molar-refractivity contribution in [2.45, 2.75) is 12.5 Å². The minimum Gasteiger partial charge on any atom is -0.392 e. The standard InChI is InChI=1S/C5H11NO2/c7-4-6-2-1-5(8)3-6/h5,7-8H,1-4H2/t5-/m1/s1. The number of likely N-dealkylation sites (tertiary alicyclic amines) is 1. The lowest BCUT2D eigenvalue weighted by Crippen LogP contribution is -2.22. The SMILES string of the molecule is OCN1CC[C@@H](O)C1. The number of aliphatic hydroxyl groups excluding tert-OH is 2. The van der Waals surface area contributed by atoms with Gasteiger partial charge in [0.25, 0.3) is 0 Å². The minimum atomic E-state index is -0.206. The van der Waals surface area contributed by atoms with E-state index in [0.29, 0.717) is 6.54 Å². The van der Waals surface area contributed by atoms with E-state index in [0.717, 1.165) is 13.0 Å². The van der Waals surface area contributed by atoms with Gasteiger partial charge in [0.2, 0.25) is 0 Å². The van der Waals surface area contributed by atoms with E-state index in [4.69, 9.17) is 10.2 Å². The van der Waals surface area contributed by atoms with Crippen LogP contribution in [-0.2, 0) is 0 Å². The summed E-state index contributed by atoms with van der Waals surface area (Å²) in [5.74, 6) is 0. The van der Waals surface area contributed by atoms with Gasteiger partial charge in [-0.05, 0) is 6.42 Å². The molecule has 0 unspecified atom stereocenters. The summed E-state index contributed by atoms with van der Waals surface area (Å²) in [5, 5.41) is 17.4. The van der Waals surface area contributed by atoms with E-state index in [1.807, 2.05) is 4.90 Å². The van der Waals surface area contributed by atoms with E-state index in [1.54, 1.807) is 0 Å². The minimum absolute atomic E-state index is 0.0804. The zero-order valence-electron chi connectivity index (χ0n) is 4.75. The largest absolute Gasteiger partial charge is 0.392 e. The molecule has 0 spiro atoms. The van der Waals surface area contributed by atoms with Crippen molar-refractivity contribution in [3.8, 4) is 0 Å². The molecule has 1 atom stereocenters. The number of rotatable bonds is 1. The molecule has 0 amide bonds. The Hall–Kier alpha value is -0.120. The molecule has 0 aromatic rings. The lowest BCUT2D eigenvalue weighted by molar-refractivity contribution is 0.108. The third-order valence-electron chi connectivity index (χ3n) is 1.45. The maximum Gasteiger partial charge on any atom is 0.0957 e. The summed E-state index contributed by atoms with van der Waals surface area (Å²) in [6.07, 6.45) is 0.600. The van der Waals surface area contributed by atoms with Gasteiger partial charge in [0.05, 0.1) is 12.8 Å². The van der Waals surface area contributed by atoms with Crippen LogP contribution in [0, 0.1) is 0 Å². The van der Waals surface area contributed by atoms with Gasteiger partial charge in [0, 0.05) is 13.1 Å². The Kier molecular flexibility index (Phi) is 1.83. The Morgan fingerprint density at radius 1 is 1.62 bits per heavy atom. The zero-order valence-corrected chi connectivity index (χ0v) is 4.75. The average molecular weight is 117 g/mol. The molecule has 0 bridgehead atoms. The van der Waals surface area contributed by atoms with Crippen molar-refractivity contribution < 1.29 is 10.2 Å². The van der Waals surface area contributed by atoms with E-state index in [2.05, 4.69) is 0 Å². The van der Waals surface area contributed by atoms with Gasteiger partial charge >= 0.3 is 0 Å². The first-order chi connectivity index (χ1) is 3.83. The van der Waals surface area contributed by atoms with Crippen molar-refractivity contribution in [1.29, 1.82) is 0 Å². The molecule has 0 aromatic heterocycles. The van der Waals surface area contributed by atoms with Crippen LogP contribution in [0.5, 0.6) is 0 Å². The van der Waals surface area contributed by atoms with Crippen LogP contribution < -0.4 is 0 Å². The topological polar surface area (TPSA) is 43.7 Å². The first-order valence-electron chi connectivity index (χ1n) is 2.84. The van der Waals surface area contributed by atoms with Gasteiger partial charge in [0.15, 0.2) is 0 Å². The van der Waals surface area contributed by atoms with Crippen molar-refractivity contribution >= 4 is 0 Å². The summed E-state index contributed by atoms with van der Waals surface area (Å²) in [4.78, 5) is 1.81. The highest BCUT2D eigenvalue weighted by molar-refractivity contribution is 4.71. The average Bonchev–Trinajstić information content (AvgIpc) is 2.14. The molecule has 1 aliphatic heterocycles. The van der Waals surface area contributed by atoms with Gasteiger partial charge in [0.1, 0.15) is 0 Å². The first kappa shape index (κ1) is 6.01. The molecule has 1 rings (SSSR count). The van der Waals surface area contributed by atoms with Crippen LogP contribution in [0.1, 0.15) is 6.42 Å². The molecule has 0 radical (unpaired) electrons. The molecule has 3 nitrogen and oxygen atoms in total. The molecule has 1 saturated heterocycles. The normalized spacial score (nSPS) is 31.5. The molecular weight excluding hydrogens is 106 g/mol. The first-order valence-corrected chi connectivity index (χ1v) is 2.84. The van der Waals surface area contributed by atoms with Crippen LogP contribution in [-0.4, -0.2) is 41.0 Å². The highest BCUT2D eigenvalue weighted by atomic mass is 16.3. The molecule has 1 fully saturated rings. The van der Waals surface area contributed by atoms with Gasteiger partial charge in [-0.15, -0.1) is 0 Å². The molecule has 2 N–H and O–H groups in total. The number of aliphatic hydroxyl groups is 2. The maximum absolute atomic E-state index is 8.88. The fourth-order valence-electron chi connectivity index (χ4n) is 0.941. The van der Waals surface area contributed by atoms with Crippen LogP contribution >= 0.6 is 0 Å². The molecule has 1 heterocycles. The van der Waals surface area contributed by atoms with Crippen molar-refractivity contribution in [3.63, 3.8) is 0 Å². The Bertz CT molecular complexity index is 76.8. The second-order valence-electron chi connectivity index (χ2n) is 2.16. The Morgan fingerprint density at radius 2 is 2.38 bits per heavy atom. The number of β-amino-alcohol motifs (C(OH)–C–C–N with tert-alkyl or cyclic N) is 1. The molecular formula is C5H11NO2. The third-order valence-corrected chi connectivity index (χ3v) is 1.45. The van der Waals surface area contributed by atoms with Crippen LogP contribution in [0.4, 0.5) is 0 Å². The molecule has 48 valence electrons. The summed E-state index contributed by atoms with van der Waals surface area (Å²) >= 11 is 0. The summed E-state index contributed by atoms with van der Waals surface area (Å²) in [5.41, 5.74) is 0. The van der Waals surface area contributed by atoms with Crippen molar-refractivity contribution in [2.75, 3.05) is 19.8 Å². The smallest absolute Gasteiger partial charge is 0.0957 e. The maximum atomic E-state index is 8.88. The molecule has 0 aromatic carbocycles. The second-order valence-corrected chi connectivity index (χ2v) is 2.16. The van der Waals surface area contributed by atoms with Gasteiger partial charge in [-0.1, -0.05) is 0 Å². The Balaban J connectivity index is 2.22. The molecule has 3 heteroatoms. The molecule has 1 aliphatic rings. The van der Waals surface area contributed by atoms with Gasteiger partial charge < -0.3 is 10.2 Å². The highest BCUT2D eigenvalue weighted by Crippen LogP contribution is 2.05. The monoisotopic (exact) mass is 117 g/mol. The third kappa shape index (κ3) is 1.18. The Morgan fingerprint density at radius 3 is 2.62 bits per heavy atom. The van der Waals surface area contributed by atoms with Crippen LogP contribution in [0.25, 0.3) is 0 Å². The van der Waals surface area contributed by atoms with Crippen molar-refractivity contribution in [1.82, 2.24) is 4.90 Å². The van der Waals surface area contributed by atoms with Gasteiger partial charge in [-0.2, -0.15) is 0 Å². The Labute approximate surface area is 48.5 Å². The van der Waals surface area contributed by atoms with Crippen LogP contribution in [0.15, 0.2) is 0 Å². The molecule has 0 aliphatic carbocycles. The lowest BCUT2D eigenvalue weighted by Gasteiger charge is -2.08. The number of hydrogen-bond donors (Lipinski definition) is 2. The predicted molar refractivity (Wildman–Crippen MR) is 29.3 cm³/mol. The number of hydrogen-bond acceptors (Lipinski definition) is 3. The fourth-order valence-corrected chi connectivity index (χ4v) is 0.941. The fraction of sp³-hybridized carbons (Fsp3) is 1.00. The lowest BCUT2D eigenvalue weighted by atomic mass is 10.3. The van der Waals surface area contributed by atoms with E-state index in [9.17, 15) is 0 Å². The van der Waals surface area contributed by atoms with E-state index >= 15 is 0 Å². The second kappa shape index (κ2) is 2.44. The molecule has 8 heavy (non-hydrogen) atoms. The van der Waals surface area contributed by atoms with Gasteiger partial charge in [-0.25, -0.2) is 0 Å². The summed E-state index contributed by atoms with van der Waals surface area (Å²) in [6.45, 7) is 1.55. The van der Waals surface area contributed by atoms with Crippen LogP contribution in [0.2, 0.25) is 0 Å². The van der Waals surface area contributed by atoms with E-state index in [1.165, 1.54) is 0 Å². The quantitative estimate of drug-likeness (QED) is 0.463. The number of nitrogens with zero attached hydrogens (tertiary/aromatic N) is 1. The summed E-state index contributed by atoms with van der Waals surface area (Å²) in [6, 6.07) is 0. The summed E-state index contributed by atoms with van der Waals surface area (Å²) in [7, 11) is 0. The van der Waals surface area contributed by atoms with Crippen molar-refractivity contribution in [3.05, 3.63) is 0 Å². The van der Waals surface area contributed by atoms with Crippen molar-refractivity contribution in [2.24, 2.45) is 0 Å². The zero-order chi connectivity index (χ0) is 5.98. The summed E-state index contributed by atoms with van der Waals surface area (Å²) < 4.78 is 0. The van der Waals surface area contributed by atoms with E-state index < -0.39 is 0 Å². The van der Waals surface area contributed by atoms with Crippen LogP contribution in [0.3, 0.4) is 0 Å². The van der Waals surface area contributed by atoms with Gasteiger partial charge in [-0.3, -0.25) is 4.90 Å². The highest BCUT2D eigenvalue weighted by Gasteiger charge is 2.18. The van der Waals surface area contributed by atoms with E-state index in [-0.39, 0.29) is 12.8 Å². The molecule has 0 saturated carbocycles.